The van der Waals surface area contributed by atoms with Crippen LogP contribution in [0, 0.1) is 0 Å². The summed E-state index contributed by atoms with van der Waals surface area (Å²) >= 11 is 0. The van der Waals surface area contributed by atoms with Crippen LogP contribution in [-0.4, -0.2) is 29.4 Å². The van der Waals surface area contributed by atoms with Crippen LogP contribution in [0.3, 0.4) is 0 Å². The van der Waals surface area contributed by atoms with Crippen molar-refractivity contribution in [3.05, 3.63) is 59.7 Å². The Morgan fingerprint density at radius 2 is 1.80 bits per heavy atom. The van der Waals surface area contributed by atoms with Crippen LogP contribution in [0.25, 0.3) is 0 Å². The van der Waals surface area contributed by atoms with Crippen LogP contribution in [0.15, 0.2) is 48.5 Å². The van der Waals surface area contributed by atoms with E-state index >= 15 is 0 Å². The molecule has 0 aromatic heterocycles. The Morgan fingerprint density at radius 3 is 2.40 bits per heavy atom. The van der Waals surface area contributed by atoms with Gasteiger partial charge in [-0.25, -0.2) is 4.79 Å². The van der Waals surface area contributed by atoms with E-state index in [0.717, 1.165) is 31.0 Å². The zero-order valence-corrected chi connectivity index (χ0v) is 16.3. The number of nitrogens with zero attached hydrogens (tertiary/aromatic N) is 2. The van der Waals surface area contributed by atoms with Gasteiger partial charge >= 0.3 is 12.2 Å². The van der Waals surface area contributed by atoms with Gasteiger partial charge in [-0.05, 0) is 55.2 Å². The third-order valence-corrected chi connectivity index (χ3v) is 5.42. The smallest absolute Gasteiger partial charge is 0.317 e. The number of urea groups is 1. The van der Waals surface area contributed by atoms with E-state index in [-0.39, 0.29) is 24.1 Å². The van der Waals surface area contributed by atoms with Gasteiger partial charge in [-0.1, -0.05) is 18.2 Å². The monoisotopic (exact) mass is 417 g/mol. The lowest BCUT2D eigenvalue weighted by Gasteiger charge is -2.25. The van der Waals surface area contributed by atoms with Crippen molar-refractivity contribution in [2.45, 2.75) is 44.4 Å². The molecular weight excluding hydrogens is 395 g/mol. The van der Waals surface area contributed by atoms with Gasteiger partial charge in [-0.15, -0.1) is 0 Å². The van der Waals surface area contributed by atoms with E-state index in [9.17, 15) is 22.8 Å². The summed E-state index contributed by atoms with van der Waals surface area (Å²) in [5.74, 6) is 0.0787. The van der Waals surface area contributed by atoms with Crippen molar-refractivity contribution in [2.24, 2.45) is 0 Å². The van der Waals surface area contributed by atoms with Crippen LogP contribution in [-0.2, 0) is 17.5 Å². The molecule has 1 saturated carbocycles. The third-order valence-electron chi connectivity index (χ3n) is 5.42. The molecule has 5 nitrogen and oxygen atoms in total. The van der Waals surface area contributed by atoms with Crippen molar-refractivity contribution in [1.82, 2.24) is 4.90 Å². The first-order chi connectivity index (χ1) is 14.3. The quantitative estimate of drug-likeness (QED) is 0.742. The highest BCUT2D eigenvalue weighted by atomic mass is 19.4. The van der Waals surface area contributed by atoms with Gasteiger partial charge in [0.1, 0.15) is 0 Å². The van der Waals surface area contributed by atoms with Crippen LogP contribution in [0.5, 0.6) is 0 Å². The van der Waals surface area contributed by atoms with Crippen molar-refractivity contribution in [3.63, 3.8) is 0 Å². The van der Waals surface area contributed by atoms with Gasteiger partial charge in [0.25, 0.3) is 0 Å². The van der Waals surface area contributed by atoms with Gasteiger partial charge in [0, 0.05) is 36.9 Å². The molecule has 30 heavy (non-hydrogen) atoms. The number of benzene rings is 2. The number of hydrogen-bond acceptors (Lipinski definition) is 2. The summed E-state index contributed by atoms with van der Waals surface area (Å²) in [7, 11) is 0. The molecule has 2 aromatic carbocycles. The SMILES string of the molecule is O=C1CCCN1c1ccc(NC(=O)N(Cc2ccccc2C(F)(F)F)C2CC2)cc1. The molecule has 1 N–H and O–H groups in total. The largest absolute Gasteiger partial charge is 0.416 e. The molecule has 8 heteroatoms. The minimum atomic E-state index is -4.47. The van der Waals surface area contributed by atoms with Crippen LogP contribution >= 0.6 is 0 Å². The van der Waals surface area contributed by atoms with E-state index in [4.69, 9.17) is 0 Å². The van der Waals surface area contributed by atoms with Crippen molar-refractivity contribution in [1.29, 1.82) is 0 Å². The highest BCUT2D eigenvalue weighted by Gasteiger charge is 2.37. The van der Waals surface area contributed by atoms with E-state index in [1.807, 2.05) is 0 Å². The Morgan fingerprint density at radius 1 is 1.10 bits per heavy atom. The average molecular weight is 417 g/mol. The number of carbonyl (C=O) groups excluding carboxylic acids is 2. The molecule has 2 aliphatic rings. The Labute approximate surface area is 172 Å². The zero-order chi connectivity index (χ0) is 21.3. The van der Waals surface area contributed by atoms with Crippen LogP contribution < -0.4 is 10.2 Å². The Hall–Kier alpha value is -3.03. The molecular formula is C22H22F3N3O2. The molecule has 2 aromatic rings. The second-order valence-electron chi connectivity index (χ2n) is 7.64. The molecule has 1 saturated heterocycles. The van der Waals surface area contributed by atoms with Gasteiger partial charge in [0.05, 0.1) is 5.56 Å². The van der Waals surface area contributed by atoms with Gasteiger partial charge in [-0.2, -0.15) is 13.2 Å². The van der Waals surface area contributed by atoms with Crippen molar-refractivity contribution >= 4 is 23.3 Å². The number of nitrogens with one attached hydrogen (secondary N) is 1. The summed E-state index contributed by atoms with van der Waals surface area (Å²) in [6.45, 7) is 0.575. The Bertz CT molecular complexity index is 939. The lowest BCUT2D eigenvalue weighted by molar-refractivity contribution is -0.138. The first-order valence-electron chi connectivity index (χ1n) is 9.96. The van der Waals surface area contributed by atoms with Gasteiger partial charge in [0.15, 0.2) is 0 Å². The lowest BCUT2D eigenvalue weighted by atomic mass is 10.1. The number of carbonyl (C=O) groups is 2. The van der Waals surface area contributed by atoms with E-state index < -0.39 is 17.8 Å². The fraction of sp³-hybridized carbons (Fsp3) is 0.364. The van der Waals surface area contributed by atoms with E-state index in [1.165, 1.54) is 17.0 Å². The zero-order valence-electron chi connectivity index (χ0n) is 16.3. The van der Waals surface area contributed by atoms with Crippen LogP contribution in [0.1, 0.15) is 36.8 Å². The van der Waals surface area contributed by atoms with Crippen LogP contribution in [0.4, 0.5) is 29.3 Å². The summed E-state index contributed by atoms with van der Waals surface area (Å²) < 4.78 is 39.9. The van der Waals surface area contributed by atoms with Crippen LogP contribution in [0.2, 0.25) is 0 Å². The molecule has 158 valence electrons. The maximum absolute atomic E-state index is 13.3. The molecule has 0 atom stereocenters. The molecule has 0 unspecified atom stereocenters. The standard InChI is InChI=1S/C22H22F3N3O2/c23-22(24,25)19-5-2-1-4-15(19)14-28(18-11-12-18)21(30)26-16-7-9-17(10-8-16)27-13-3-6-20(27)29/h1-2,4-5,7-10,18H,3,6,11-14H2,(H,26,30). The molecule has 0 bridgehead atoms. The first-order valence-corrected chi connectivity index (χ1v) is 9.96. The topological polar surface area (TPSA) is 52.7 Å². The fourth-order valence-electron chi connectivity index (χ4n) is 3.71. The fourth-order valence-corrected chi connectivity index (χ4v) is 3.71. The van der Waals surface area contributed by atoms with Gasteiger partial charge < -0.3 is 15.1 Å². The van der Waals surface area contributed by atoms with E-state index in [2.05, 4.69) is 5.32 Å². The maximum atomic E-state index is 13.3. The summed E-state index contributed by atoms with van der Waals surface area (Å²) in [5, 5.41) is 2.77. The number of rotatable bonds is 5. The number of halogens is 3. The molecule has 1 heterocycles. The molecule has 0 spiro atoms. The molecule has 0 radical (unpaired) electrons. The summed E-state index contributed by atoms with van der Waals surface area (Å²) in [5.41, 5.74) is 0.664. The molecule has 3 amide bonds. The normalized spacial score (nSPS) is 16.6. The molecule has 1 aliphatic carbocycles. The summed E-state index contributed by atoms with van der Waals surface area (Å²) in [6, 6.07) is 11.8. The number of alkyl halides is 3. The van der Waals surface area contributed by atoms with E-state index in [1.54, 1.807) is 35.2 Å². The summed E-state index contributed by atoms with van der Waals surface area (Å²) in [4.78, 5) is 27.8. The minimum Gasteiger partial charge on any atom is -0.317 e. The Balaban J connectivity index is 1.47. The van der Waals surface area contributed by atoms with Crippen molar-refractivity contribution in [3.8, 4) is 0 Å². The number of hydrogen-bond donors (Lipinski definition) is 1. The second-order valence-corrected chi connectivity index (χ2v) is 7.64. The predicted octanol–water partition coefficient (Wildman–Crippen LogP) is 5.03. The number of amides is 3. The van der Waals surface area contributed by atoms with Gasteiger partial charge in [-0.3, -0.25) is 4.79 Å². The minimum absolute atomic E-state index is 0.0622. The maximum Gasteiger partial charge on any atom is 0.416 e. The first kappa shape index (κ1) is 20.3. The molecule has 4 rings (SSSR count). The lowest BCUT2D eigenvalue weighted by Crippen LogP contribution is -2.36. The average Bonchev–Trinajstić information content (AvgIpc) is 3.46. The van der Waals surface area contributed by atoms with Gasteiger partial charge in [0.2, 0.25) is 5.91 Å². The molecule has 2 fully saturated rings. The second kappa shape index (κ2) is 8.01. The van der Waals surface area contributed by atoms with Crippen molar-refractivity contribution < 1.29 is 22.8 Å². The highest BCUT2D eigenvalue weighted by molar-refractivity contribution is 5.96. The highest BCUT2D eigenvalue weighted by Crippen LogP contribution is 2.35. The Kier molecular flexibility index (Phi) is 5.40. The summed E-state index contributed by atoms with van der Waals surface area (Å²) in [6.07, 6.45) is -1.55. The van der Waals surface area contributed by atoms with Crippen molar-refractivity contribution in [2.75, 3.05) is 16.8 Å². The third kappa shape index (κ3) is 4.42. The number of anilines is 2. The molecule has 1 aliphatic heterocycles. The predicted molar refractivity (Wildman–Crippen MR) is 107 cm³/mol. The van der Waals surface area contributed by atoms with E-state index in [0.29, 0.717) is 18.7 Å².